The van der Waals surface area contributed by atoms with Gasteiger partial charge in [0.2, 0.25) is 0 Å². The molecule has 2 aromatic heterocycles. The molecule has 0 spiro atoms. The zero-order valence-electron chi connectivity index (χ0n) is 11.0. The first-order chi connectivity index (χ1) is 10.1. The van der Waals surface area contributed by atoms with Gasteiger partial charge in [-0.2, -0.15) is 0 Å². The van der Waals surface area contributed by atoms with Crippen molar-refractivity contribution >= 4 is 28.9 Å². The van der Waals surface area contributed by atoms with Gasteiger partial charge in [-0.05, 0) is 24.3 Å². The highest BCUT2D eigenvalue weighted by Gasteiger charge is 2.14. The molecule has 0 radical (unpaired) electrons. The average Bonchev–Trinajstić information content (AvgIpc) is 2.90. The Morgan fingerprint density at radius 3 is 2.95 bits per heavy atom. The van der Waals surface area contributed by atoms with Crippen molar-refractivity contribution < 1.29 is 9.53 Å². The second-order valence-electron chi connectivity index (χ2n) is 4.48. The molecule has 6 heteroatoms. The Hall–Kier alpha value is -2.53. The van der Waals surface area contributed by atoms with Gasteiger partial charge in [-0.1, -0.05) is 23.7 Å². The van der Waals surface area contributed by atoms with Crippen LogP contribution >= 0.6 is 11.6 Å². The monoisotopic (exact) mass is 301 g/mol. The molecule has 2 heterocycles. The van der Waals surface area contributed by atoms with Crippen molar-refractivity contribution in [3.8, 4) is 0 Å². The molecule has 2 N–H and O–H groups in total. The van der Waals surface area contributed by atoms with Crippen molar-refractivity contribution in [2.45, 2.75) is 6.61 Å². The number of hydrogen-bond donors (Lipinski definition) is 1. The summed E-state index contributed by atoms with van der Waals surface area (Å²) in [6.07, 6.45) is 3.69. The van der Waals surface area contributed by atoms with E-state index in [0.29, 0.717) is 10.7 Å². The first-order valence-corrected chi connectivity index (χ1v) is 6.66. The summed E-state index contributed by atoms with van der Waals surface area (Å²) in [6, 6.07) is 10.5. The Morgan fingerprint density at radius 2 is 2.14 bits per heavy atom. The lowest BCUT2D eigenvalue weighted by Gasteiger charge is -2.06. The summed E-state index contributed by atoms with van der Waals surface area (Å²) in [4.78, 5) is 16.4. The maximum absolute atomic E-state index is 12.0. The molecule has 5 nitrogen and oxygen atoms in total. The molecule has 0 aliphatic carbocycles. The van der Waals surface area contributed by atoms with Crippen LogP contribution in [0.2, 0.25) is 5.02 Å². The Balaban J connectivity index is 1.75. The van der Waals surface area contributed by atoms with Crippen molar-refractivity contribution in [3.05, 3.63) is 65.1 Å². The number of aromatic nitrogens is 2. The van der Waals surface area contributed by atoms with Crippen LogP contribution in [-0.4, -0.2) is 15.4 Å². The lowest BCUT2D eigenvalue weighted by atomic mass is 10.2. The number of benzene rings is 1. The van der Waals surface area contributed by atoms with E-state index in [1.807, 2.05) is 35.0 Å². The van der Waals surface area contributed by atoms with E-state index < -0.39 is 5.97 Å². The summed E-state index contributed by atoms with van der Waals surface area (Å²) in [5.74, 6) is -0.521. The number of ether oxygens (including phenoxy) is 1. The standard InChI is InChI=1S/C15H12ClN3O2/c16-12-5-3-4-11(14(12)17)15(20)21-9-10-8-19-7-2-1-6-13(19)18-10/h1-8H,9,17H2. The molecule has 0 bridgehead atoms. The number of pyridine rings is 1. The summed E-state index contributed by atoms with van der Waals surface area (Å²) in [5.41, 5.74) is 7.70. The Bertz CT molecular complexity index is 781. The third-order valence-corrected chi connectivity index (χ3v) is 3.37. The predicted octanol–water partition coefficient (Wildman–Crippen LogP) is 2.93. The van der Waals surface area contributed by atoms with Crippen LogP contribution in [0.15, 0.2) is 48.8 Å². The molecule has 0 aliphatic heterocycles. The molecule has 106 valence electrons. The van der Waals surface area contributed by atoms with E-state index in [1.165, 1.54) is 0 Å². The van der Waals surface area contributed by atoms with Crippen molar-refractivity contribution in [2.75, 3.05) is 5.73 Å². The number of anilines is 1. The van der Waals surface area contributed by atoms with Crippen LogP contribution in [0.3, 0.4) is 0 Å². The minimum atomic E-state index is -0.521. The maximum atomic E-state index is 12.0. The molecule has 0 aliphatic rings. The van der Waals surface area contributed by atoms with Gasteiger partial charge in [0.15, 0.2) is 0 Å². The first kappa shape index (κ1) is 13.5. The van der Waals surface area contributed by atoms with E-state index in [1.54, 1.807) is 18.2 Å². The van der Waals surface area contributed by atoms with Gasteiger partial charge in [0.25, 0.3) is 0 Å². The van der Waals surface area contributed by atoms with Gasteiger partial charge in [0, 0.05) is 12.4 Å². The van der Waals surface area contributed by atoms with E-state index in [9.17, 15) is 4.79 Å². The molecule has 0 unspecified atom stereocenters. The number of carbonyl (C=O) groups is 1. The van der Waals surface area contributed by atoms with Crippen LogP contribution in [0.25, 0.3) is 5.65 Å². The number of nitrogen functional groups attached to an aromatic ring is 1. The summed E-state index contributed by atoms with van der Waals surface area (Å²) in [5, 5.41) is 0.331. The highest BCUT2D eigenvalue weighted by atomic mass is 35.5. The topological polar surface area (TPSA) is 69.6 Å². The number of fused-ring (bicyclic) bond motifs is 1. The van der Waals surface area contributed by atoms with Crippen LogP contribution in [0.1, 0.15) is 16.1 Å². The van der Waals surface area contributed by atoms with Crippen molar-refractivity contribution in [1.29, 1.82) is 0 Å². The van der Waals surface area contributed by atoms with Crippen molar-refractivity contribution in [2.24, 2.45) is 0 Å². The highest BCUT2D eigenvalue weighted by Crippen LogP contribution is 2.23. The molecule has 0 fully saturated rings. The highest BCUT2D eigenvalue weighted by molar-refractivity contribution is 6.33. The molecule has 0 saturated heterocycles. The molecule has 0 amide bonds. The van der Waals surface area contributed by atoms with Gasteiger partial charge in [-0.25, -0.2) is 9.78 Å². The van der Waals surface area contributed by atoms with Gasteiger partial charge >= 0.3 is 5.97 Å². The minimum Gasteiger partial charge on any atom is -0.455 e. The van der Waals surface area contributed by atoms with Crippen molar-refractivity contribution in [1.82, 2.24) is 9.38 Å². The molecule has 0 atom stereocenters. The molecule has 21 heavy (non-hydrogen) atoms. The zero-order valence-corrected chi connectivity index (χ0v) is 11.7. The number of rotatable bonds is 3. The van der Waals surface area contributed by atoms with E-state index in [2.05, 4.69) is 4.98 Å². The molecular formula is C15H12ClN3O2. The lowest BCUT2D eigenvalue weighted by molar-refractivity contribution is 0.0469. The number of esters is 1. The molecule has 1 aromatic carbocycles. The number of halogens is 1. The summed E-state index contributed by atoms with van der Waals surface area (Å²) >= 11 is 5.88. The smallest absolute Gasteiger partial charge is 0.340 e. The normalized spacial score (nSPS) is 10.7. The van der Waals surface area contributed by atoms with E-state index in [-0.39, 0.29) is 17.9 Å². The molecular weight excluding hydrogens is 290 g/mol. The number of carbonyl (C=O) groups excluding carboxylic acids is 1. The summed E-state index contributed by atoms with van der Waals surface area (Å²) in [7, 11) is 0. The second-order valence-corrected chi connectivity index (χ2v) is 4.88. The number of nitrogens with two attached hydrogens (primary N) is 1. The number of nitrogens with zero attached hydrogens (tertiary/aromatic N) is 2. The average molecular weight is 302 g/mol. The first-order valence-electron chi connectivity index (χ1n) is 6.29. The van der Waals surface area contributed by atoms with Crippen molar-refractivity contribution in [3.63, 3.8) is 0 Å². The number of imidazole rings is 1. The Morgan fingerprint density at radius 1 is 1.29 bits per heavy atom. The Labute approximate surface area is 125 Å². The van der Waals surface area contributed by atoms with Crippen LogP contribution in [0.4, 0.5) is 5.69 Å². The largest absolute Gasteiger partial charge is 0.455 e. The second kappa shape index (κ2) is 5.46. The fraction of sp³-hybridized carbons (Fsp3) is 0.0667. The van der Waals surface area contributed by atoms with E-state index in [4.69, 9.17) is 22.1 Å². The van der Waals surface area contributed by atoms with Crippen LogP contribution < -0.4 is 5.73 Å². The minimum absolute atomic E-state index is 0.0759. The van der Waals surface area contributed by atoms with E-state index in [0.717, 1.165) is 5.65 Å². The third kappa shape index (κ3) is 2.68. The fourth-order valence-electron chi connectivity index (χ4n) is 1.99. The lowest BCUT2D eigenvalue weighted by Crippen LogP contribution is -2.08. The van der Waals surface area contributed by atoms with Crippen LogP contribution in [0, 0.1) is 0 Å². The summed E-state index contributed by atoms with van der Waals surface area (Å²) < 4.78 is 7.08. The molecule has 3 aromatic rings. The van der Waals surface area contributed by atoms with Gasteiger partial charge in [-0.3, -0.25) is 0 Å². The number of para-hydroxylation sites is 1. The van der Waals surface area contributed by atoms with Crippen LogP contribution in [0.5, 0.6) is 0 Å². The van der Waals surface area contributed by atoms with Gasteiger partial charge in [0.05, 0.1) is 22.0 Å². The van der Waals surface area contributed by atoms with Gasteiger partial charge in [-0.15, -0.1) is 0 Å². The van der Waals surface area contributed by atoms with E-state index >= 15 is 0 Å². The van der Waals surface area contributed by atoms with Crippen LogP contribution in [-0.2, 0) is 11.3 Å². The zero-order chi connectivity index (χ0) is 14.8. The quantitative estimate of drug-likeness (QED) is 0.596. The third-order valence-electron chi connectivity index (χ3n) is 3.04. The molecule has 0 saturated carbocycles. The van der Waals surface area contributed by atoms with Gasteiger partial charge < -0.3 is 14.9 Å². The fourth-order valence-corrected chi connectivity index (χ4v) is 2.16. The predicted molar refractivity (Wildman–Crippen MR) is 80.2 cm³/mol. The summed E-state index contributed by atoms with van der Waals surface area (Å²) in [6.45, 7) is 0.0759. The SMILES string of the molecule is Nc1c(Cl)cccc1C(=O)OCc1cn2ccccc2n1. The Kier molecular flexibility index (Phi) is 3.50. The molecule has 3 rings (SSSR count). The van der Waals surface area contributed by atoms with Gasteiger partial charge in [0.1, 0.15) is 12.3 Å². The maximum Gasteiger partial charge on any atom is 0.340 e. The number of hydrogen-bond acceptors (Lipinski definition) is 4.